The number of carbonyl (C=O) groups is 2. The zero-order valence-electron chi connectivity index (χ0n) is 11.4. The van der Waals surface area contributed by atoms with Gasteiger partial charge in [0, 0.05) is 5.69 Å². The normalized spacial score (nSPS) is 15.7. The predicted octanol–water partition coefficient (Wildman–Crippen LogP) is 1.75. The summed E-state index contributed by atoms with van der Waals surface area (Å²) in [5, 5.41) is 14.9. The number of amides is 1. The summed E-state index contributed by atoms with van der Waals surface area (Å²) in [6, 6.07) is 4.32. The van der Waals surface area contributed by atoms with Crippen molar-refractivity contribution in [3.63, 3.8) is 0 Å². The Hall–Kier alpha value is -1.63. The number of piperidine rings is 1. The molecule has 6 nitrogen and oxygen atoms in total. The second-order valence-corrected chi connectivity index (χ2v) is 5.22. The molecule has 1 amide bonds. The number of carboxylic acids is 1. The first-order chi connectivity index (χ1) is 10.1. The molecule has 114 valence electrons. The van der Waals surface area contributed by atoms with Gasteiger partial charge >= 0.3 is 5.97 Å². The fourth-order valence-corrected chi connectivity index (χ4v) is 2.32. The number of hydrogen-bond donors (Lipinski definition) is 3. The molecule has 0 radical (unpaired) electrons. The molecule has 1 aromatic rings. The second kappa shape index (κ2) is 7.40. The lowest BCUT2D eigenvalue weighted by Crippen LogP contribution is -2.34. The van der Waals surface area contributed by atoms with Crippen molar-refractivity contribution in [3.8, 4) is 0 Å². The minimum atomic E-state index is -1.14. The van der Waals surface area contributed by atoms with Crippen LogP contribution < -0.4 is 10.6 Å². The van der Waals surface area contributed by atoms with Gasteiger partial charge in [-0.25, -0.2) is 4.79 Å². The number of aromatic carboxylic acids is 1. The summed E-state index contributed by atoms with van der Waals surface area (Å²) in [5.74, 6) is -1.45. The van der Waals surface area contributed by atoms with Crippen LogP contribution in [0.15, 0.2) is 18.2 Å². The van der Waals surface area contributed by atoms with E-state index in [0.717, 1.165) is 25.9 Å². The fraction of sp³-hybridized carbons (Fsp3) is 0.429. The molecular weight excluding hydrogens is 296 g/mol. The number of rotatable bonds is 5. The Labute approximate surface area is 127 Å². The highest BCUT2D eigenvalue weighted by atomic mass is 35.5. The average molecular weight is 313 g/mol. The van der Waals surface area contributed by atoms with Crippen LogP contribution in [0.5, 0.6) is 0 Å². The molecule has 0 spiro atoms. The minimum absolute atomic E-state index is 0.0459. The fourth-order valence-electron chi connectivity index (χ4n) is 2.12. The van der Waals surface area contributed by atoms with Gasteiger partial charge in [-0.2, -0.15) is 0 Å². The highest BCUT2D eigenvalue weighted by molar-refractivity contribution is 6.33. The Morgan fingerprint density at radius 3 is 2.76 bits per heavy atom. The zero-order valence-corrected chi connectivity index (χ0v) is 12.2. The van der Waals surface area contributed by atoms with Crippen LogP contribution in [0.25, 0.3) is 0 Å². The van der Waals surface area contributed by atoms with E-state index in [9.17, 15) is 9.59 Å². The minimum Gasteiger partial charge on any atom is -0.478 e. The quantitative estimate of drug-likeness (QED) is 0.771. The van der Waals surface area contributed by atoms with Crippen molar-refractivity contribution in [1.29, 1.82) is 0 Å². The molecule has 0 saturated carbocycles. The topological polar surface area (TPSA) is 87.7 Å². The predicted molar refractivity (Wildman–Crippen MR) is 78.9 cm³/mol. The molecule has 1 fully saturated rings. The van der Waals surface area contributed by atoms with E-state index < -0.39 is 5.97 Å². The van der Waals surface area contributed by atoms with Gasteiger partial charge in [0.2, 0.25) is 5.91 Å². The van der Waals surface area contributed by atoms with Crippen LogP contribution in [0, 0.1) is 0 Å². The van der Waals surface area contributed by atoms with E-state index in [0.29, 0.717) is 5.69 Å². The number of hydrogen-bond acceptors (Lipinski definition) is 4. The maximum atomic E-state index is 11.8. The standard InChI is InChI=1S/C14H17ClN2O4/c15-12-2-1-9(7-11(12)14(19)20)17-13(18)8-21-10-3-5-16-6-4-10/h1-2,7,10,16H,3-6,8H2,(H,17,18)(H,19,20). The summed E-state index contributed by atoms with van der Waals surface area (Å²) < 4.78 is 5.52. The first-order valence-corrected chi connectivity index (χ1v) is 7.09. The first-order valence-electron chi connectivity index (χ1n) is 6.71. The zero-order chi connectivity index (χ0) is 15.2. The lowest BCUT2D eigenvalue weighted by Gasteiger charge is -2.22. The number of ether oxygens (including phenoxy) is 1. The van der Waals surface area contributed by atoms with Gasteiger partial charge in [0.1, 0.15) is 6.61 Å². The van der Waals surface area contributed by atoms with E-state index in [-0.39, 0.29) is 29.2 Å². The van der Waals surface area contributed by atoms with E-state index in [1.54, 1.807) is 6.07 Å². The summed E-state index contributed by atoms with van der Waals surface area (Å²) in [6.07, 6.45) is 1.87. The van der Waals surface area contributed by atoms with Crippen LogP contribution in [0.3, 0.4) is 0 Å². The molecule has 1 heterocycles. The van der Waals surface area contributed by atoms with Gasteiger partial charge in [-0.05, 0) is 44.1 Å². The summed E-state index contributed by atoms with van der Waals surface area (Å²) >= 11 is 5.77. The molecule has 0 aliphatic carbocycles. The third-order valence-corrected chi connectivity index (χ3v) is 3.55. The van der Waals surface area contributed by atoms with E-state index in [4.69, 9.17) is 21.4 Å². The monoisotopic (exact) mass is 312 g/mol. The highest BCUT2D eigenvalue weighted by Gasteiger charge is 2.15. The van der Waals surface area contributed by atoms with Gasteiger partial charge in [0.15, 0.2) is 0 Å². The van der Waals surface area contributed by atoms with Crippen molar-refractivity contribution in [3.05, 3.63) is 28.8 Å². The van der Waals surface area contributed by atoms with Crippen molar-refractivity contribution >= 4 is 29.2 Å². The van der Waals surface area contributed by atoms with Crippen LogP contribution in [0.2, 0.25) is 5.02 Å². The number of benzene rings is 1. The molecule has 0 bridgehead atoms. The molecule has 0 atom stereocenters. The van der Waals surface area contributed by atoms with Gasteiger partial charge in [0.25, 0.3) is 0 Å². The third-order valence-electron chi connectivity index (χ3n) is 3.22. The van der Waals surface area contributed by atoms with Gasteiger partial charge in [-0.1, -0.05) is 11.6 Å². The summed E-state index contributed by atoms with van der Waals surface area (Å²) in [4.78, 5) is 22.8. The maximum Gasteiger partial charge on any atom is 0.337 e. The van der Waals surface area contributed by atoms with Gasteiger partial charge in [-0.3, -0.25) is 4.79 Å². The molecule has 1 aliphatic heterocycles. The molecule has 7 heteroatoms. The van der Waals surface area contributed by atoms with Crippen molar-refractivity contribution < 1.29 is 19.4 Å². The van der Waals surface area contributed by atoms with Crippen molar-refractivity contribution in [2.45, 2.75) is 18.9 Å². The molecule has 21 heavy (non-hydrogen) atoms. The Kier molecular flexibility index (Phi) is 5.55. The Balaban J connectivity index is 1.87. The molecule has 3 N–H and O–H groups in total. The number of nitrogens with one attached hydrogen (secondary N) is 2. The van der Waals surface area contributed by atoms with E-state index >= 15 is 0 Å². The molecular formula is C14H17ClN2O4. The van der Waals surface area contributed by atoms with Crippen molar-refractivity contribution in [2.75, 3.05) is 25.0 Å². The number of carboxylic acid groups (broad SMARTS) is 1. The van der Waals surface area contributed by atoms with E-state index in [2.05, 4.69) is 10.6 Å². The van der Waals surface area contributed by atoms with Crippen LogP contribution in [-0.4, -0.2) is 42.8 Å². The maximum absolute atomic E-state index is 11.8. The highest BCUT2D eigenvalue weighted by Crippen LogP contribution is 2.20. The van der Waals surface area contributed by atoms with Crippen molar-refractivity contribution in [1.82, 2.24) is 5.32 Å². The van der Waals surface area contributed by atoms with Crippen LogP contribution in [0.4, 0.5) is 5.69 Å². The SMILES string of the molecule is O=C(COC1CCNCC1)Nc1ccc(Cl)c(C(=O)O)c1. The lowest BCUT2D eigenvalue weighted by molar-refractivity contribution is -0.123. The number of carbonyl (C=O) groups excluding carboxylic acids is 1. The van der Waals surface area contributed by atoms with Gasteiger partial charge < -0.3 is 20.5 Å². The van der Waals surface area contributed by atoms with E-state index in [1.807, 2.05) is 0 Å². The Morgan fingerprint density at radius 2 is 2.10 bits per heavy atom. The van der Waals surface area contributed by atoms with Gasteiger partial charge in [0.05, 0.1) is 16.7 Å². The largest absolute Gasteiger partial charge is 0.478 e. The Morgan fingerprint density at radius 1 is 1.38 bits per heavy atom. The molecule has 1 aliphatic rings. The second-order valence-electron chi connectivity index (χ2n) is 4.81. The molecule has 1 aromatic carbocycles. The molecule has 0 aromatic heterocycles. The van der Waals surface area contributed by atoms with E-state index in [1.165, 1.54) is 12.1 Å². The Bertz CT molecular complexity index is 530. The average Bonchev–Trinajstić information content (AvgIpc) is 2.48. The van der Waals surface area contributed by atoms with Crippen molar-refractivity contribution in [2.24, 2.45) is 0 Å². The molecule has 1 saturated heterocycles. The number of anilines is 1. The first kappa shape index (κ1) is 15.8. The number of halogens is 1. The van der Waals surface area contributed by atoms with Crippen LogP contribution in [-0.2, 0) is 9.53 Å². The summed E-state index contributed by atoms with van der Waals surface area (Å²) in [6.45, 7) is 1.74. The van der Waals surface area contributed by atoms with Crippen LogP contribution >= 0.6 is 11.6 Å². The van der Waals surface area contributed by atoms with Gasteiger partial charge in [-0.15, -0.1) is 0 Å². The smallest absolute Gasteiger partial charge is 0.337 e. The van der Waals surface area contributed by atoms with Crippen LogP contribution in [0.1, 0.15) is 23.2 Å². The third kappa shape index (κ3) is 4.70. The summed E-state index contributed by atoms with van der Waals surface area (Å²) in [5.41, 5.74) is 0.337. The molecule has 0 unspecified atom stereocenters. The summed E-state index contributed by atoms with van der Waals surface area (Å²) in [7, 11) is 0. The lowest BCUT2D eigenvalue weighted by atomic mass is 10.1. The molecule has 2 rings (SSSR count).